The van der Waals surface area contributed by atoms with Crippen molar-refractivity contribution in [3.05, 3.63) is 0 Å². The lowest BCUT2D eigenvalue weighted by molar-refractivity contribution is 0.224. The van der Waals surface area contributed by atoms with Crippen LogP contribution in [0.1, 0.15) is 27.7 Å². The predicted molar refractivity (Wildman–Crippen MR) is 53.5 cm³/mol. The predicted octanol–water partition coefficient (Wildman–Crippen LogP) is 0.588. The fourth-order valence-electron chi connectivity index (χ4n) is 1.83. The molecule has 0 aliphatic carbocycles. The molecule has 2 rings (SSSR count). The number of nitrogens with zero attached hydrogens (tertiary/aromatic N) is 1. The lowest BCUT2D eigenvalue weighted by Gasteiger charge is -2.27. The number of hydrogen-bond donors (Lipinski definition) is 0. The molecule has 0 spiro atoms. The molecular formula is C9H17NO3S. The van der Waals surface area contributed by atoms with Crippen LogP contribution >= 0.6 is 0 Å². The normalized spacial score (nSPS) is 38.4. The molecule has 2 aliphatic heterocycles. The zero-order valence-corrected chi connectivity index (χ0v) is 9.89. The van der Waals surface area contributed by atoms with Gasteiger partial charge in [0.05, 0.1) is 4.75 Å². The SMILES string of the molecule is CC12CN(S(=O)(=O)C(C)(C)C)CC1O2. The third-order valence-corrected chi connectivity index (χ3v) is 5.51. The van der Waals surface area contributed by atoms with Crippen molar-refractivity contribution in [2.45, 2.75) is 44.1 Å². The van der Waals surface area contributed by atoms with Gasteiger partial charge < -0.3 is 4.74 Å². The van der Waals surface area contributed by atoms with Crippen LogP contribution in [0.2, 0.25) is 0 Å². The Morgan fingerprint density at radius 3 is 2.36 bits per heavy atom. The summed E-state index contributed by atoms with van der Waals surface area (Å²) in [5.74, 6) is 0. The lowest BCUT2D eigenvalue weighted by atomic mass is 10.2. The molecule has 0 aromatic heterocycles. The molecule has 2 unspecified atom stereocenters. The Hall–Kier alpha value is -0.130. The highest BCUT2D eigenvalue weighted by Crippen LogP contribution is 2.44. The van der Waals surface area contributed by atoms with Crippen LogP contribution in [0.15, 0.2) is 0 Å². The summed E-state index contributed by atoms with van der Waals surface area (Å²) in [6, 6.07) is 0. The van der Waals surface area contributed by atoms with E-state index in [-0.39, 0.29) is 11.7 Å². The summed E-state index contributed by atoms with van der Waals surface area (Å²) in [5, 5.41) is 0. The minimum atomic E-state index is -3.16. The van der Waals surface area contributed by atoms with Gasteiger partial charge in [0.15, 0.2) is 0 Å². The van der Waals surface area contributed by atoms with Crippen molar-refractivity contribution in [1.29, 1.82) is 0 Å². The van der Waals surface area contributed by atoms with Crippen molar-refractivity contribution in [3.63, 3.8) is 0 Å². The molecule has 0 bridgehead atoms. The van der Waals surface area contributed by atoms with E-state index in [4.69, 9.17) is 4.74 Å². The molecule has 0 saturated carbocycles. The first-order valence-electron chi connectivity index (χ1n) is 4.84. The summed E-state index contributed by atoms with van der Waals surface area (Å²) in [5.41, 5.74) is -0.196. The molecule has 5 heteroatoms. The van der Waals surface area contributed by atoms with Crippen LogP contribution in [0.3, 0.4) is 0 Å². The van der Waals surface area contributed by atoms with Gasteiger partial charge >= 0.3 is 0 Å². The number of ether oxygens (including phenoxy) is 1. The Labute approximate surface area is 85.3 Å². The van der Waals surface area contributed by atoms with E-state index in [9.17, 15) is 8.42 Å². The maximum absolute atomic E-state index is 12.0. The Balaban J connectivity index is 2.19. The van der Waals surface area contributed by atoms with Crippen LogP contribution in [-0.4, -0.2) is 42.3 Å². The summed E-state index contributed by atoms with van der Waals surface area (Å²) in [4.78, 5) is 0. The maximum atomic E-state index is 12.0. The molecular weight excluding hydrogens is 202 g/mol. The van der Waals surface area contributed by atoms with Gasteiger partial charge in [0.1, 0.15) is 11.7 Å². The summed E-state index contributed by atoms with van der Waals surface area (Å²) in [6.45, 7) is 8.20. The van der Waals surface area contributed by atoms with Crippen LogP contribution < -0.4 is 0 Å². The highest BCUT2D eigenvalue weighted by atomic mass is 32.2. The molecule has 0 amide bonds. The highest BCUT2D eigenvalue weighted by Gasteiger charge is 2.62. The first-order valence-corrected chi connectivity index (χ1v) is 6.28. The summed E-state index contributed by atoms with van der Waals surface area (Å²) >= 11 is 0. The fourth-order valence-corrected chi connectivity index (χ4v) is 3.36. The molecule has 0 radical (unpaired) electrons. The Morgan fingerprint density at radius 2 is 2.00 bits per heavy atom. The van der Waals surface area contributed by atoms with Gasteiger partial charge in [-0.3, -0.25) is 0 Å². The molecule has 2 aliphatic rings. The van der Waals surface area contributed by atoms with E-state index in [0.29, 0.717) is 13.1 Å². The summed E-state index contributed by atoms with van der Waals surface area (Å²) in [6.07, 6.45) is 0.125. The second-order valence-electron chi connectivity index (χ2n) is 5.33. The highest BCUT2D eigenvalue weighted by molar-refractivity contribution is 7.90. The van der Waals surface area contributed by atoms with E-state index in [1.165, 1.54) is 0 Å². The van der Waals surface area contributed by atoms with E-state index < -0.39 is 14.8 Å². The minimum Gasteiger partial charge on any atom is -0.363 e. The lowest BCUT2D eigenvalue weighted by Crippen LogP contribution is -2.43. The van der Waals surface area contributed by atoms with E-state index in [1.807, 2.05) is 6.92 Å². The van der Waals surface area contributed by atoms with Crippen molar-refractivity contribution in [2.75, 3.05) is 13.1 Å². The first kappa shape index (κ1) is 10.4. The Kier molecular flexibility index (Phi) is 1.86. The third-order valence-electron chi connectivity index (χ3n) is 3.01. The smallest absolute Gasteiger partial charge is 0.219 e. The molecule has 2 fully saturated rings. The molecule has 2 heterocycles. The molecule has 2 atom stereocenters. The van der Waals surface area contributed by atoms with Crippen LogP contribution in [0, 0.1) is 0 Å². The molecule has 14 heavy (non-hydrogen) atoms. The summed E-state index contributed by atoms with van der Waals surface area (Å²) in [7, 11) is -3.16. The van der Waals surface area contributed by atoms with Crippen LogP contribution in [0.4, 0.5) is 0 Å². The topological polar surface area (TPSA) is 49.9 Å². The summed E-state index contributed by atoms with van der Waals surface area (Å²) < 4.78 is 30.3. The number of morpholine rings is 1. The Bertz CT molecular complexity index is 357. The molecule has 0 N–H and O–H groups in total. The number of fused-ring (bicyclic) bond motifs is 1. The van der Waals surface area contributed by atoms with Gasteiger partial charge in [-0.1, -0.05) is 0 Å². The quantitative estimate of drug-likeness (QED) is 0.606. The van der Waals surface area contributed by atoms with Crippen molar-refractivity contribution in [1.82, 2.24) is 4.31 Å². The average Bonchev–Trinajstić information content (AvgIpc) is 2.48. The van der Waals surface area contributed by atoms with E-state index in [2.05, 4.69) is 0 Å². The molecule has 4 nitrogen and oxygen atoms in total. The standard InChI is InChI=1S/C9H17NO3S/c1-8(2,3)14(11,12)10-5-7-9(4,6-10)13-7/h7H,5-6H2,1-4H3. The van der Waals surface area contributed by atoms with Gasteiger partial charge in [-0.05, 0) is 27.7 Å². The van der Waals surface area contributed by atoms with Crippen molar-refractivity contribution in [2.24, 2.45) is 0 Å². The maximum Gasteiger partial charge on any atom is 0.219 e. The van der Waals surface area contributed by atoms with Gasteiger partial charge in [-0.15, -0.1) is 0 Å². The first-order chi connectivity index (χ1) is 6.17. The average molecular weight is 219 g/mol. The van der Waals surface area contributed by atoms with Crippen molar-refractivity contribution >= 4 is 10.0 Å². The van der Waals surface area contributed by atoms with Crippen molar-refractivity contribution in [3.8, 4) is 0 Å². The fraction of sp³-hybridized carbons (Fsp3) is 1.00. The second-order valence-corrected chi connectivity index (χ2v) is 8.02. The van der Waals surface area contributed by atoms with Gasteiger partial charge in [0.25, 0.3) is 0 Å². The monoisotopic (exact) mass is 219 g/mol. The third kappa shape index (κ3) is 1.30. The van der Waals surface area contributed by atoms with Crippen LogP contribution in [-0.2, 0) is 14.8 Å². The van der Waals surface area contributed by atoms with Crippen molar-refractivity contribution < 1.29 is 13.2 Å². The van der Waals surface area contributed by atoms with Gasteiger partial charge in [-0.2, -0.15) is 4.31 Å². The van der Waals surface area contributed by atoms with E-state index in [1.54, 1.807) is 25.1 Å². The zero-order chi connectivity index (χ0) is 10.8. The van der Waals surface area contributed by atoms with E-state index >= 15 is 0 Å². The largest absolute Gasteiger partial charge is 0.363 e. The van der Waals surface area contributed by atoms with Gasteiger partial charge in [-0.25, -0.2) is 8.42 Å². The molecule has 0 aromatic carbocycles. The van der Waals surface area contributed by atoms with E-state index in [0.717, 1.165) is 0 Å². The number of hydrogen-bond acceptors (Lipinski definition) is 3. The molecule has 82 valence electrons. The number of sulfonamides is 1. The van der Waals surface area contributed by atoms with Gasteiger partial charge in [0, 0.05) is 13.1 Å². The zero-order valence-electron chi connectivity index (χ0n) is 9.07. The van der Waals surface area contributed by atoms with Crippen LogP contribution in [0.25, 0.3) is 0 Å². The van der Waals surface area contributed by atoms with Crippen LogP contribution in [0.5, 0.6) is 0 Å². The molecule has 0 aromatic rings. The number of rotatable bonds is 1. The Morgan fingerprint density at radius 1 is 1.43 bits per heavy atom. The number of epoxide rings is 1. The van der Waals surface area contributed by atoms with Gasteiger partial charge in [0.2, 0.25) is 10.0 Å². The molecule has 2 saturated heterocycles. The second kappa shape index (κ2) is 2.51. The minimum absolute atomic E-state index is 0.125.